The molecule has 16 heavy (non-hydrogen) atoms. The molecular formula is C12H23N3O. The van der Waals surface area contributed by atoms with Crippen molar-refractivity contribution in [3.8, 4) is 0 Å². The van der Waals surface area contributed by atoms with Gasteiger partial charge in [-0.05, 0) is 19.8 Å². The molecule has 1 unspecified atom stereocenters. The van der Waals surface area contributed by atoms with Crippen LogP contribution in [0.2, 0.25) is 0 Å². The van der Waals surface area contributed by atoms with Gasteiger partial charge in [-0.25, -0.2) is 4.98 Å². The molecule has 0 aromatic carbocycles. The second kappa shape index (κ2) is 6.01. The van der Waals surface area contributed by atoms with Crippen LogP contribution >= 0.6 is 0 Å². The van der Waals surface area contributed by atoms with Gasteiger partial charge in [0.15, 0.2) is 0 Å². The molecular weight excluding hydrogens is 202 g/mol. The van der Waals surface area contributed by atoms with Crippen LogP contribution in [0, 0.1) is 0 Å². The summed E-state index contributed by atoms with van der Waals surface area (Å²) >= 11 is 0. The van der Waals surface area contributed by atoms with Crippen LogP contribution in [0.25, 0.3) is 0 Å². The monoisotopic (exact) mass is 225 g/mol. The predicted octanol–water partition coefficient (Wildman–Crippen LogP) is 1.94. The number of rotatable bonds is 7. The molecule has 2 N–H and O–H groups in total. The molecule has 0 aliphatic heterocycles. The molecule has 0 saturated heterocycles. The van der Waals surface area contributed by atoms with Crippen LogP contribution in [0.4, 0.5) is 0 Å². The summed E-state index contributed by atoms with van der Waals surface area (Å²) in [5.41, 5.74) is 6.90. The number of hydrogen-bond acceptors (Lipinski definition) is 3. The van der Waals surface area contributed by atoms with Gasteiger partial charge in [0.2, 0.25) is 0 Å². The number of aromatic nitrogens is 2. The third-order valence-corrected chi connectivity index (χ3v) is 2.75. The number of nitrogens with two attached hydrogens (primary N) is 1. The number of aryl methyl sites for hydroxylation is 1. The van der Waals surface area contributed by atoms with E-state index in [4.69, 9.17) is 10.5 Å². The minimum atomic E-state index is -0.227. The molecule has 0 spiro atoms. The maximum Gasteiger partial charge on any atom is 0.0948 e. The Bertz CT molecular complexity index is 307. The molecule has 0 saturated carbocycles. The van der Waals surface area contributed by atoms with Crippen molar-refractivity contribution in [3.63, 3.8) is 0 Å². The molecule has 1 aromatic rings. The Morgan fingerprint density at radius 1 is 1.50 bits per heavy atom. The molecule has 1 aromatic heterocycles. The van der Waals surface area contributed by atoms with Crippen LogP contribution < -0.4 is 5.73 Å². The average molecular weight is 225 g/mol. The zero-order valence-corrected chi connectivity index (χ0v) is 10.6. The summed E-state index contributed by atoms with van der Waals surface area (Å²) < 4.78 is 7.76. The molecule has 1 rings (SSSR count). The van der Waals surface area contributed by atoms with Crippen molar-refractivity contribution in [2.75, 3.05) is 6.61 Å². The van der Waals surface area contributed by atoms with Crippen LogP contribution in [0.15, 0.2) is 12.5 Å². The lowest BCUT2D eigenvalue weighted by atomic mass is 10.0. The fraction of sp³-hybridized carbons (Fsp3) is 0.750. The normalized spacial score (nSPS) is 15.0. The second-order valence-corrected chi connectivity index (χ2v) is 4.58. The highest BCUT2D eigenvalue weighted by Crippen LogP contribution is 2.08. The average Bonchev–Trinajstić information content (AvgIpc) is 2.66. The molecule has 0 aliphatic rings. The van der Waals surface area contributed by atoms with E-state index < -0.39 is 0 Å². The molecule has 4 nitrogen and oxygen atoms in total. The van der Waals surface area contributed by atoms with Crippen molar-refractivity contribution in [1.29, 1.82) is 0 Å². The van der Waals surface area contributed by atoms with Gasteiger partial charge in [-0.15, -0.1) is 0 Å². The van der Waals surface area contributed by atoms with Gasteiger partial charge >= 0.3 is 0 Å². The van der Waals surface area contributed by atoms with E-state index in [9.17, 15) is 0 Å². The molecule has 1 heterocycles. The predicted molar refractivity (Wildman–Crippen MR) is 65.1 cm³/mol. The van der Waals surface area contributed by atoms with E-state index >= 15 is 0 Å². The van der Waals surface area contributed by atoms with E-state index in [-0.39, 0.29) is 5.54 Å². The third-order valence-electron chi connectivity index (χ3n) is 2.75. The molecule has 92 valence electrons. The van der Waals surface area contributed by atoms with Crippen molar-refractivity contribution < 1.29 is 4.74 Å². The summed E-state index contributed by atoms with van der Waals surface area (Å²) in [7, 11) is 0. The van der Waals surface area contributed by atoms with E-state index in [1.807, 2.05) is 19.4 Å². The molecule has 0 aliphatic carbocycles. The highest BCUT2D eigenvalue weighted by Gasteiger charge is 2.15. The summed E-state index contributed by atoms with van der Waals surface area (Å²) in [6, 6.07) is 0. The quantitative estimate of drug-likeness (QED) is 0.771. The van der Waals surface area contributed by atoms with Crippen LogP contribution in [0.1, 0.15) is 39.3 Å². The molecule has 0 radical (unpaired) electrons. The highest BCUT2D eigenvalue weighted by molar-refractivity contribution is 4.96. The van der Waals surface area contributed by atoms with Gasteiger partial charge in [0.05, 0.1) is 31.4 Å². The van der Waals surface area contributed by atoms with Crippen LogP contribution in [0.5, 0.6) is 0 Å². The minimum absolute atomic E-state index is 0.227. The first-order chi connectivity index (χ1) is 7.59. The summed E-state index contributed by atoms with van der Waals surface area (Å²) in [5.74, 6) is 0. The van der Waals surface area contributed by atoms with E-state index in [0.717, 1.165) is 25.1 Å². The fourth-order valence-corrected chi connectivity index (χ4v) is 1.40. The maximum atomic E-state index is 6.00. The summed E-state index contributed by atoms with van der Waals surface area (Å²) in [5, 5.41) is 0. The Labute approximate surface area is 97.8 Å². The Morgan fingerprint density at radius 3 is 2.88 bits per heavy atom. The first-order valence-corrected chi connectivity index (χ1v) is 5.94. The Kier molecular flexibility index (Phi) is 4.96. The lowest BCUT2D eigenvalue weighted by molar-refractivity contribution is 0.0739. The molecule has 0 fully saturated rings. The van der Waals surface area contributed by atoms with Crippen LogP contribution in [-0.4, -0.2) is 21.7 Å². The lowest BCUT2D eigenvalue weighted by Gasteiger charge is -2.22. The molecule has 0 bridgehead atoms. The van der Waals surface area contributed by atoms with Gasteiger partial charge in [-0.2, -0.15) is 0 Å². The van der Waals surface area contributed by atoms with Gasteiger partial charge in [0.1, 0.15) is 0 Å². The van der Waals surface area contributed by atoms with Gasteiger partial charge in [-0.1, -0.05) is 13.8 Å². The van der Waals surface area contributed by atoms with Crippen molar-refractivity contribution in [2.45, 2.75) is 52.3 Å². The Morgan fingerprint density at radius 2 is 2.25 bits per heavy atom. The number of nitrogens with zero attached hydrogens (tertiary/aromatic N) is 2. The van der Waals surface area contributed by atoms with E-state index in [1.54, 1.807) is 0 Å². The maximum absolute atomic E-state index is 6.00. The lowest BCUT2D eigenvalue weighted by Crippen LogP contribution is -2.40. The molecule has 1 atom stereocenters. The van der Waals surface area contributed by atoms with E-state index in [1.165, 1.54) is 0 Å². The van der Waals surface area contributed by atoms with Crippen LogP contribution in [0.3, 0.4) is 0 Å². The van der Waals surface area contributed by atoms with Crippen LogP contribution in [-0.2, 0) is 17.9 Å². The third kappa shape index (κ3) is 3.94. The summed E-state index contributed by atoms with van der Waals surface area (Å²) in [6.07, 6.45) is 5.73. The summed E-state index contributed by atoms with van der Waals surface area (Å²) in [4.78, 5) is 4.13. The van der Waals surface area contributed by atoms with Crippen molar-refractivity contribution in [2.24, 2.45) is 5.73 Å². The first-order valence-electron chi connectivity index (χ1n) is 5.94. The van der Waals surface area contributed by atoms with Gasteiger partial charge < -0.3 is 15.0 Å². The second-order valence-electron chi connectivity index (χ2n) is 4.58. The highest BCUT2D eigenvalue weighted by atomic mass is 16.5. The topological polar surface area (TPSA) is 53.1 Å². The minimum Gasteiger partial charge on any atom is -0.373 e. The van der Waals surface area contributed by atoms with E-state index in [0.29, 0.717) is 13.2 Å². The van der Waals surface area contributed by atoms with Gasteiger partial charge in [0.25, 0.3) is 0 Å². The zero-order valence-electron chi connectivity index (χ0n) is 10.6. The number of imidazole rings is 1. The standard InChI is InChI=1S/C12H23N3O/c1-4-6-15-10-14-7-11(15)8-16-9-12(3,13)5-2/h7,10H,4-6,8-9,13H2,1-3H3. The van der Waals surface area contributed by atoms with Gasteiger partial charge in [0, 0.05) is 12.1 Å². The Hall–Kier alpha value is -0.870. The SMILES string of the molecule is CCCn1cncc1COCC(C)(N)CC. The van der Waals surface area contributed by atoms with Crippen molar-refractivity contribution >= 4 is 0 Å². The number of hydrogen-bond donors (Lipinski definition) is 1. The van der Waals surface area contributed by atoms with Crippen molar-refractivity contribution in [3.05, 3.63) is 18.2 Å². The zero-order chi connectivity index (χ0) is 12.0. The molecule has 4 heteroatoms. The smallest absolute Gasteiger partial charge is 0.0948 e. The molecule has 0 amide bonds. The van der Waals surface area contributed by atoms with Gasteiger partial charge in [-0.3, -0.25) is 0 Å². The van der Waals surface area contributed by atoms with E-state index in [2.05, 4.69) is 23.4 Å². The largest absolute Gasteiger partial charge is 0.373 e. The first kappa shape index (κ1) is 13.2. The number of ether oxygens (including phenoxy) is 1. The fourth-order valence-electron chi connectivity index (χ4n) is 1.40. The van der Waals surface area contributed by atoms with Crippen molar-refractivity contribution in [1.82, 2.24) is 9.55 Å². The summed E-state index contributed by atoms with van der Waals surface area (Å²) in [6.45, 7) is 8.40. The Balaban J connectivity index is 2.39.